The van der Waals surface area contributed by atoms with Crippen molar-refractivity contribution in [3.8, 4) is 0 Å². The summed E-state index contributed by atoms with van der Waals surface area (Å²) in [5, 5.41) is 30.8. The maximum Gasteiger partial charge on any atom is 0.481 e. The van der Waals surface area contributed by atoms with Crippen LogP contribution in [0.2, 0.25) is 0 Å². The van der Waals surface area contributed by atoms with Crippen molar-refractivity contribution in [2.45, 2.75) is 192 Å². The van der Waals surface area contributed by atoms with Crippen molar-refractivity contribution in [2.24, 2.45) is 5.92 Å². The van der Waals surface area contributed by atoms with E-state index in [2.05, 4.69) is 30.1 Å². The van der Waals surface area contributed by atoms with Gasteiger partial charge < -0.3 is 45.1 Å². The molecule has 1 aromatic rings. The minimum Gasteiger partial charge on any atom is -0.462 e. The highest BCUT2D eigenvalue weighted by Crippen LogP contribution is 2.60. The topological polar surface area (TPSA) is 286 Å². The summed E-state index contributed by atoms with van der Waals surface area (Å²) >= 11 is 0. The molecule has 0 amide bonds. The van der Waals surface area contributed by atoms with Crippen LogP contribution in [0.25, 0.3) is 0 Å². The molecular weight excluding hydrogens is 936 g/mol. The van der Waals surface area contributed by atoms with Crippen LogP contribution in [0.4, 0.5) is 5.82 Å². The van der Waals surface area contributed by atoms with Crippen molar-refractivity contribution >= 4 is 33.4 Å². The molecule has 1 aliphatic rings. The molecule has 0 saturated carbocycles. The van der Waals surface area contributed by atoms with Gasteiger partial charge in [0.05, 0.1) is 19.3 Å². The van der Waals surface area contributed by atoms with Gasteiger partial charge >= 0.3 is 33.3 Å². The number of phosphoric acid groups is 2. The number of aliphatic hydroxyl groups excluding tert-OH is 3. The number of carbonyl (C=O) groups is 2. The van der Waals surface area contributed by atoms with E-state index < -0.39 is 89.8 Å². The average molecular weight is 1020 g/mol. The number of carbonyl (C=O) groups excluding carboxylic acids is 2. The van der Waals surface area contributed by atoms with Crippen molar-refractivity contribution in [3.63, 3.8) is 0 Å². The molecule has 19 nitrogen and oxygen atoms in total. The first-order chi connectivity index (χ1) is 32.9. The molecule has 7 N–H and O–H groups in total. The largest absolute Gasteiger partial charge is 0.481 e. The summed E-state index contributed by atoms with van der Waals surface area (Å²) in [6.45, 7) is 4.23. The van der Waals surface area contributed by atoms with Gasteiger partial charge in [-0.15, -0.1) is 0 Å². The molecule has 0 aromatic carbocycles. The standard InChI is InChI=1S/C48H81N3O16P2/c1-4-5-23-29-39(52)30-25-20-16-12-7-6-8-13-17-21-26-31-43(53)62-35-40(65-44(54)32-27-22-18-14-10-9-11-15-19-24-28-38(2)3)36-63-68(58,59)67-69(60,61)64-37-41-45(55)46(56)47(66-41)51-34-33-42(49)50-48(51)57/h6-7,13,16-17,20,25,30,33-34,38-41,45-47,52,55-56H,4-5,8-12,14-15,18-19,21-24,26-29,31-32,35-37H2,1-3H3,(H,58,59)(H,60,61)(H2,49,50,57)/b7-6-,17-13-,20-16-,30-25+/t39-,40-,41-,45-,46-,47-/m1/s1. The number of allylic oxidation sites excluding steroid dienone is 7. The van der Waals surface area contributed by atoms with Crippen LogP contribution < -0.4 is 11.4 Å². The third-order valence-corrected chi connectivity index (χ3v) is 13.6. The van der Waals surface area contributed by atoms with E-state index in [1.54, 1.807) is 6.08 Å². The number of esters is 2. The van der Waals surface area contributed by atoms with Crippen LogP contribution in [0.5, 0.6) is 0 Å². The fraction of sp³-hybridized carbons (Fsp3) is 0.708. The van der Waals surface area contributed by atoms with E-state index in [9.17, 15) is 48.6 Å². The van der Waals surface area contributed by atoms with E-state index in [0.717, 1.165) is 74.5 Å². The Morgan fingerprint density at radius 2 is 1.41 bits per heavy atom. The van der Waals surface area contributed by atoms with Gasteiger partial charge in [0.2, 0.25) is 0 Å². The lowest BCUT2D eigenvalue weighted by atomic mass is 10.0. The van der Waals surface area contributed by atoms with Crippen molar-refractivity contribution in [1.82, 2.24) is 9.55 Å². The number of rotatable bonds is 39. The Bertz CT molecular complexity index is 1870. The number of hydrogen-bond acceptors (Lipinski definition) is 16. The molecule has 69 heavy (non-hydrogen) atoms. The number of nitrogens with two attached hydrogens (primary N) is 1. The SMILES string of the molecule is CCCCC[C@@H](O)/C=C/C=C\C/C=C\C/C=C\CCCC(=O)OC[C@H](COP(=O)(O)OP(=O)(O)OC[C@H]1O[C@@H](n2ccc(N)nc2=O)[C@H](O)[C@@H]1O)OC(=O)CCCCCCCCCCCCC(C)C. The number of nitrogen functional groups attached to an aromatic ring is 1. The Balaban J connectivity index is 1.84. The van der Waals surface area contributed by atoms with Crippen LogP contribution in [0, 0.1) is 5.92 Å². The first-order valence-corrected chi connectivity index (χ1v) is 27.6. The molecule has 0 radical (unpaired) electrons. The zero-order valence-electron chi connectivity index (χ0n) is 40.9. The van der Waals surface area contributed by atoms with E-state index in [4.69, 9.17) is 29.0 Å². The van der Waals surface area contributed by atoms with Crippen molar-refractivity contribution < 1.29 is 71.4 Å². The second-order valence-corrected chi connectivity index (χ2v) is 20.7. The quantitative estimate of drug-likeness (QED) is 0.0118. The highest BCUT2D eigenvalue weighted by molar-refractivity contribution is 7.61. The zero-order chi connectivity index (χ0) is 50.9. The number of phosphoric ester groups is 2. The smallest absolute Gasteiger partial charge is 0.462 e. The number of nitrogens with zero attached hydrogens (tertiary/aromatic N) is 2. The molecule has 2 rings (SSSR count). The molecule has 8 atom stereocenters. The van der Waals surface area contributed by atoms with E-state index in [0.29, 0.717) is 25.7 Å². The summed E-state index contributed by atoms with van der Waals surface area (Å²) in [5.41, 5.74) is 4.57. The predicted molar refractivity (Wildman–Crippen MR) is 262 cm³/mol. The Labute approximate surface area is 408 Å². The van der Waals surface area contributed by atoms with Crippen molar-refractivity contribution in [3.05, 3.63) is 71.4 Å². The first-order valence-electron chi connectivity index (χ1n) is 24.6. The third kappa shape index (κ3) is 29.6. The predicted octanol–water partition coefficient (Wildman–Crippen LogP) is 8.60. The van der Waals surface area contributed by atoms with Crippen LogP contribution in [0.1, 0.15) is 162 Å². The Hall–Kier alpha value is -3.32. The Morgan fingerprint density at radius 3 is 2.07 bits per heavy atom. The van der Waals surface area contributed by atoms with E-state index in [1.165, 1.54) is 44.6 Å². The van der Waals surface area contributed by atoms with Gasteiger partial charge in [-0.3, -0.25) is 23.2 Å². The Morgan fingerprint density at radius 1 is 0.797 bits per heavy atom. The maximum atomic E-state index is 12.8. The molecule has 1 fully saturated rings. The first kappa shape index (κ1) is 61.8. The molecule has 21 heteroatoms. The maximum absolute atomic E-state index is 12.8. The molecular formula is C48H81N3O16P2. The number of ether oxygens (including phenoxy) is 3. The molecule has 2 heterocycles. The van der Waals surface area contributed by atoms with Gasteiger partial charge in [-0.1, -0.05) is 153 Å². The van der Waals surface area contributed by atoms with Crippen LogP contribution in [0.3, 0.4) is 0 Å². The summed E-state index contributed by atoms with van der Waals surface area (Å²) in [6, 6.07) is 1.24. The lowest BCUT2D eigenvalue weighted by Crippen LogP contribution is -2.36. The minimum atomic E-state index is -5.44. The van der Waals surface area contributed by atoms with Crippen LogP contribution >= 0.6 is 15.6 Å². The molecule has 1 saturated heterocycles. The van der Waals surface area contributed by atoms with Crippen molar-refractivity contribution in [2.75, 3.05) is 25.6 Å². The lowest BCUT2D eigenvalue weighted by Gasteiger charge is -2.21. The van der Waals surface area contributed by atoms with Crippen LogP contribution in [-0.4, -0.2) is 96.9 Å². The normalized spacial score (nSPS) is 20.3. The lowest BCUT2D eigenvalue weighted by molar-refractivity contribution is -0.161. The number of hydrogen-bond donors (Lipinski definition) is 6. The third-order valence-electron chi connectivity index (χ3n) is 10.9. The molecule has 0 aliphatic carbocycles. The van der Waals surface area contributed by atoms with E-state index in [1.807, 2.05) is 42.5 Å². The van der Waals surface area contributed by atoms with Gasteiger partial charge in [0.1, 0.15) is 30.7 Å². The summed E-state index contributed by atoms with van der Waals surface area (Å²) in [5.74, 6) is -0.655. The summed E-state index contributed by atoms with van der Waals surface area (Å²) in [7, 11) is -10.9. The van der Waals surface area contributed by atoms with E-state index in [-0.39, 0.29) is 18.7 Å². The van der Waals surface area contributed by atoms with Crippen molar-refractivity contribution in [1.29, 1.82) is 0 Å². The number of unbranched alkanes of at least 4 members (excludes halogenated alkanes) is 12. The second kappa shape index (κ2) is 35.7. The van der Waals surface area contributed by atoms with Gasteiger partial charge in [0.15, 0.2) is 12.3 Å². The molecule has 2 unspecified atom stereocenters. The molecule has 394 valence electrons. The van der Waals surface area contributed by atoms with Gasteiger partial charge in [-0.05, 0) is 50.5 Å². The summed E-state index contributed by atoms with van der Waals surface area (Å²) in [6.07, 6.45) is 26.9. The van der Waals surface area contributed by atoms with Gasteiger partial charge in [-0.2, -0.15) is 9.29 Å². The number of aliphatic hydroxyl groups is 3. The molecule has 0 bridgehead atoms. The van der Waals surface area contributed by atoms with Gasteiger partial charge in [0.25, 0.3) is 0 Å². The number of anilines is 1. The second-order valence-electron chi connectivity index (χ2n) is 17.6. The minimum absolute atomic E-state index is 0.0290. The molecule has 1 aromatic heterocycles. The van der Waals surface area contributed by atoms with Crippen LogP contribution in [0.15, 0.2) is 65.7 Å². The van der Waals surface area contributed by atoms with E-state index >= 15 is 0 Å². The number of aromatic nitrogens is 2. The molecule has 0 spiro atoms. The van der Waals surface area contributed by atoms with Gasteiger partial charge in [0, 0.05) is 19.0 Å². The summed E-state index contributed by atoms with van der Waals surface area (Å²) < 4.78 is 56.6. The fourth-order valence-corrected chi connectivity index (χ4v) is 9.18. The van der Waals surface area contributed by atoms with Crippen LogP contribution in [-0.2, 0) is 46.3 Å². The zero-order valence-corrected chi connectivity index (χ0v) is 42.7. The highest BCUT2D eigenvalue weighted by atomic mass is 31.3. The average Bonchev–Trinajstić information content (AvgIpc) is 3.56. The monoisotopic (exact) mass is 1020 g/mol. The highest BCUT2D eigenvalue weighted by Gasteiger charge is 2.46. The summed E-state index contributed by atoms with van der Waals surface area (Å²) in [4.78, 5) is 61.8. The Kier molecular flexibility index (Phi) is 32.0. The fourth-order valence-electron chi connectivity index (χ4n) is 7.07. The van der Waals surface area contributed by atoms with Gasteiger partial charge in [-0.25, -0.2) is 13.9 Å². The molecule has 1 aliphatic heterocycles.